The standard InChI is InChI=1S/C22H23ClFN3O4/c1-13-6-17(7-14(2)25-13)31-11-20(28)26-15-9-22(3,10-15)27-21(29)12-30-16-4-5-18(23)19(24)8-16/h4-9H,10-12H2,1-3H3,(H,26,28)(H,27,29). The maximum Gasteiger partial charge on any atom is 0.262 e. The third-order valence-corrected chi connectivity index (χ3v) is 4.77. The average Bonchev–Trinajstić information content (AvgIpc) is 2.65. The number of aryl methyl sites for hydroxylation is 2. The van der Waals surface area contributed by atoms with Gasteiger partial charge in [0.15, 0.2) is 13.2 Å². The summed E-state index contributed by atoms with van der Waals surface area (Å²) in [5.74, 6) is -0.489. The Kier molecular flexibility index (Phi) is 6.80. The van der Waals surface area contributed by atoms with Gasteiger partial charge in [0, 0.05) is 41.7 Å². The first-order valence-electron chi connectivity index (χ1n) is 9.60. The summed E-state index contributed by atoms with van der Waals surface area (Å²) in [4.78, 5) is 28.5. The highest BCUT2D eigenvalue weighted by atomic mass is 35.5. The second-order valence-corrected chi connectivity index (χ2v) is 8.01. The second kappa shape index (κ2) is 9.34. The van der Waals surface area contributed by atoms with Crippen molar-refractivity contribution in [2.24, 2.45) is 0 Å². The molecule has 164 valence electrons. The molecule has 2 aromatic rings. The smallest absolute Gasteiger partial charge is 0.262 e. The highest BCUT2D eigenvalue weighted by molar-refractivity contribution is 6.30. The van der Waals surface area contributed by atoms with E-state index < -0.39 is 11.4 Å². The molecular formula is C22H23ClFN3O4. The van der Waals surface area contributed by atoms with Crippen molar-refractivity contribution in [1.29, 1.82) is 0 Å². The van der Waals surface area contributed by atoms with E-state index in [1.807, 2.05) is 20.8 Å². The lowest BCUT2D eigenvalue weighted by Gasteiger charge is -2.37. The fourth-order valence-electron chi connectivity index (χ4n) is 3.23. The molecule has 0 fully saturated rings. The molecule has 0 saturated heterocycles. The highest BCUT2D eigenvalue weighted by Gasteiger charge is 2.34. The molecular weight excluding hydrogens is 425 g/mol. The van der Waals surface area contributed by atoms with Crippen molar-refractivity contribution < 1.29 is 23.5 Å². The van der Waals surface area contributed by atoms with Crippen LogP contribution >= 0.6 is 11.6 Å². The first-order valence-corrected chi connectivity index (χ1v) is 9.98. The first kappa shape index (κ1) is 22.6. The molecule has 0 aliphatic heterocycles. The lowest BCUT2D eigenvalue weighted by molar-refractivity contribution is -0.124. The largest absolute Gasteiger partial charge is 0.484 e. The fourth-order valence-corrected chi connectivity index (χ4v) is 3.34. The Bertz CT molecular complexity index is 1020. The monoisotopic (exact) mass is 447 g/mol. The van der Waals surface area contributed by atoms with Gasteiger partial charge in [0.25, 0.3) is 11.8 Å². The molecule has 2 amide bonds. The van der Waals surface area contributed by atoms with Crippen molar-refractivity contribution in [2.45, 2.75) is 32.7 Å². The van der Waals surface area contributed by atoms with Crippen LogP contribution in [-0.2, 0) is 9.59 Å². The van der Waals surface area contributed by atoms with Gasteiger partial charge in [-0.15, -0.1) is 0 Å². The molecule has 7 nitrogen and oxygen atoms in total. The Morgan fingerprint density at radius 3 is 2.35 bits per heavy atom. The molecule has 0 spiro atoms. The average molecular weight is 448 g/mol. The molecule has 1 aromatic heterocycles. The molecule has 31 heavy (non-hydrogen) atoms. The summed E-state index contributed by atoms with van der Waals surface area (Å²) in [5, 5.41) is 5.55. The Balaban J connectivity index is 1.42. The number of carbonyl (C=O) groups excluding carboxylic acids is 2. The van der Waals surface area contributed by atoms with Crippen molar-refractivity contribution in [3.8, 4) is 11.5 Å². The maximum atomic E-state index is 13.4. The van der Waals surface area contributed by atoms with Gasteiger partial charge < -0.3 is 20.1 Å². The molecule has 1 aliphatic carbocycles. The number of hydrogen-bond donors (Lipinski definition) is 2. The van der Waals surface area contributed by atoms with Crippen LogP contribution in [0.2, 0.25) is 5.02 Å². The van der Waals surface area contributed by atoms with Crippen molar-refractivity contribution >= 4 is 23.4 Å². The van der Waals surface area contributed by atoms with Gasteiger partial charge in [0.2, 0.25) is 0 Å². The van der Waals surface area contributed by atoms with Gasteiger partial charge in [-0.05, 0) is 39.0 Å². The summed E-state index contributed by atoms with van der Waals surface area (Å²) in [5.41, 5.74) is 1.72. The predicted octanol–water partition coefficient (Wildman–Crippen LogP) is 3.23. The first-order chi connectivity index (χ1) is 14.6. The number of amides is 2. The van der Waals surface area contributed by atoms with Gasteiger partial charge in [-0.25, -0.2) is 4.39 Å². The normalized spacial score (nSPS) is 17.3. The molecule has 1 unspecified atom stereocenters. The van der Waals surface area contributed by atoms with Crippen LogP contribution in [0.4, 0.5) is 4.39 Å². The number of pyridine rings is 1. The topological polar surface area (TPSA) is 89.6 Å². The molecule has 1 aromatic carbocycles. The number of carbonyl (C=O) groups is 2. The zero-order chi connectivity index (χ0) is 22.6. The predicted molar refractivity (Wildman–Crippen MR) is 114 cm³/mol. The van der Waals surface area contributed by atoms with Crippen molar-refractivity contribution in [3.63, 3.8) is 0 Å². The minimum atomic E-state index is -0.618. The zero-order valence-corrected chi connectivity index (χ0v) is 18.2. The van der Waals surface area contributed by atoms with E-state index in [9.17, 15) is 14.0 Å². The summed E-state index contributed by atoms with van der Waals surface area (Å²) in [7, 11) is 0. The van der Waals surface area contributed by atoms with Crippen molar-refractivity contribution in [3.05, 3.63) is 64.3 Å². The number of hydrogen-bond acceptors (Lipinski definition) is 5. The molecule has 1 heterocycles. The molecule has 0 saturated carbocycles. The SMILES string of the molecule is Cc1cc(OCC(=O)NC2=CC(C)(NC(=O)COc3ccc(Cl)c(F)c3)C2)cc(C)n1. The quantitative estimate of drug-likeness (QED) is 0.648. The van der Waals surface area contributed by atoms with E-state index in [1.165, 1.54) is 12.1 Å². The minimum Gasteiger partial charge on any atom is -0.484 e. The maximum absolute atomic E-state index is 13.4. The van der Waals surface area contributed by atoms with Crippen LogP contribution in [0.3, 0.4) is 0 Å². The Hall–Kier alpha value is -3.13. The third kappa shape index (κ3) is 6.42. The summed E-state index contributed by atoms with van der Waals surface area (Å²) in [6.07, 6.45) is 2.21. The van der Waals surface area contributed by atoms with E-state index in [0.29, 0.717) is 17.9 Å². The zero-order valence-electron chi connectivity index (χ0n) is 17.4. The number of aromatic nitrogens is 1. The number of benzene rings is 1. The van der Waals surface area contributed by atoms with E-state index in [1.54, 1.807) is 18.2 Å². The number of halogens is 2. The van der Waals surface area contributed by atoms with E-state index in [0.717, 1.165) is 17.5 Å². The van der Waals surface area contributed by atoms with E-state index >= 15 is 0 Å². The van der Waals surface area contributed by atoms with Gasteiger partial charge in [0.1, 0.15) is 17.3 Å². The molecule has 0 bridgehead atoms. The van der Waals surface area contributed by atoms with Crippen LogP contribution in [0, 0.1) is 19.7 Å². The molecule has 1 aliphatic rings. The Morgan fingerprint density at radius 1 is 1.10 bits per heavy atom. The van der Waals surface area contributed by atoms with Crippen LogP contribution in [-0.4, -0.2) is 35.6 Å². The molecule has 9 heteroatoms. The van der Waals surface area contributed by atoms with Crippen LogP contribution in [0.15, 0.2) is 42.1 Å². The second-order valence-electron chi connectivity index (χ2n) is 7.60. The number of ether oxygens (including phenoxy) is 2. The van der Waals surface area contributed by atoms with Gasteiger partial charge in [-0.3, -0.25) is 14.6 Å². The summed E-state index contributed by atoms with van der Waals surface area (Å²) in [6.45, 7) is 5.13. The summed E-state index contributed by atoms with van der Waals surface area (Å²) in [6, 6.07) is 7.47. The molecule has 2 N–H and O–H groups in total. The Morgan fingerprint density at radius 2 is 1.71 bits per heavy atom. The Labute approximate surface area is 184 Å². The summed E-state index contributed by atoms with van der Waals surface area (Å²) < 4.78 is 24.2. The van der Waals surface area contributed by atoms with Gasteiger partial charge in [-0.1, -0.05) is 11.6 Å². The van der Waals surface area contributed by atoms with Gasteiger partial charge in [-0.2, -0.15) is 0 Å². The van der Waals surface area contributed by atoms with Gasteiger partial charge in [0.05, 0.1) is 10.6 Å². The van der Waals surface area contributed by atoms with Gasteiger partial charge >= 0.3 is 0 Å². The highest BCUT2D eigenvalue weighted by Crippen LogP contribution is 2.28. The van der Waals surface area contributed by atoms with Crippen molar-refractivity contribution in [2.75, 3.05) is 13.2 Å². The van der Waals surface area contributed by atoms with E-state index in [2.05, 4.69) is 15.6 Å². The summed E-state index contributed by atoms with van der Waals surface area (Å²) >= 11 is 5.61. The number of rotatable bonds is 8. The van der Waals surface area contributed by atoms with Crippen molar-refractivity contribution in [1.82, 2.24) is 15.6 Å². The van der Waals surface area contributed by atoms with Crippen LogP contribution in [0.25, 0.3) is 0 Å². The van der Waals surface area contributed by atoms with Crippen LogP contribution < -0.4 is 20.1 Å². The lowest BCUT2D eigenvalue weighted by atomic mass is 9.84. The number of nitrogens with one attached hydrogen (secondary N) is 2. The van der Waals surface area contributed by atoms with Crippen LogP contribution in [0.5, 0.6) is 11.5 Å². The van der Waals surface area contributed by atoms with E-state index in [4.69, 9.17) is 21.1 Å². The lowest BCUT2D eigenvalue weighted by Crippen LogP contribution is -2.53. The minimum absolute atomic E-state index is 0.0186. The van der Waals surface area contributed by atoms with E-state index in [-0.39, 0.29) is 35.8 Å². The molecule has 3 rings (SSSR count). The molecule has 0 radical (unpaired) electrons. The molecule has 1 atom stereocenters. The number of nitrogens with zero attached hydrogens (tertiary/aromatic N) is 1. The van der Waals surface area contributed by atoms with Crippen LogP contribution in [0.1, 0.15) is 24.7 Å². The third-order valence-electron chi connectivity index (χ3n) is 4.46. The fraction of sp³-hybridized carbons (Fsp3) is 0.318.